The summed E-state index contributed by atoms with van der Waals surface area (Å²) in [6.45, 7) is 31.9. The Balaban J connectivity index is -0.000000192. The fraction of sp³-hybridized carbons (Fsp3) is 0.889. The fourth-order valence-corrected chi connectivity index (χ4v) is 5.17. The van der Waals surface area contributed by atoms with Crippen LogP contribution < -0.4 is 20.4 Å². The monoisotopic (exact) mass is 842 g/mol. The number of hydrogen-bond acceptors (Lipinski definition) is 16. The number of rotatable bonds is 20. The number of carbonyl (C=O) groups is 4. The van der Waals surface area contributed by atoms with Gasteiger partial charge in [0, 0.05) is 74.5 Å². The van der Waals surface area contributed by atoms with Gasteiger partial charge in [-0.05, 0) is 111 Å². The fourth-order valence-electron chi connectivity index (χ4n) is 5.17. The zero-order valence-corrected chi connectivity index (χ0v) is 37.6. The largest absolute Gasteiger partial charge is 4.00 e. The predicted molar refractivity (Wildman–Crippen MR) is 192 cm³/mol. The van der Waals surface area contributed by atoms with Gasteiger partial charge in [0.25, 0.3) is 0 Å². The van der Waals surface area contributed by atoms with Crippen molar-refractivity contribution in [3.8, 4) is 0 Å². The van der Waals surface area contributed by atoms with Crippen LogP contribution in [0, 0.1) is 0 Å². The molecule has 0 heterocycles. The third kappa shape index (κ3) is 30.4. The van der Waals surface area contributed by atoms with Gasteiger partial charge in [-0.15, -0.1) is 0 Å². The van der Waals surface area contributed by atoms with E-state index in [-0.39, 0.29) is 101 Å². The average Bonchev–Trinajstić information content (AvgIpc) is 2.98. The van der Waals surface area contributed by atoms with Crippen molar-refractivity contribution in [3.05, 3.63) is 0 Å². The third-order valence-electron chi connectivity index (χ3n) is 7.93. The second kappa shape index (κ2) is 31.6. The molecule has 0 aromatic rings. The van der Waals surface area contributed by atoms with Crippen LogP contribution in [0.3, 0.4) is 0 Å². The molecule has 312 valence electrons. The molecule has 0 spiro atoms. The predicted octanol–water partition coefficient (Wildman–Crippen LogP) is -3.14. The van der Waals surface area contributed by atoms with Crippen LogP contribution in [0.25, 0.3) is 0 Å². The van der Waals surface area contributed by atoms with Gasteiger partial charge < -0.3 is 60.0 Å². The summed E-state index contributed by atoms with van der Waals surface area (Å²) in [5.41, 5.74) is 0. The topological polar surface area (TPSA) is 254 Å². The number of aliphatic hydroxyl groups excluding tert-OH is 4. The molecule has 0 aromatic heterocycles. The first-order valence-electron chi connectivity index (χ1n) is 18.0. The third-order valence-corrected chi connectivity index (χ3v) is 7.93. The molecule has 0 aliphatic rings. The van der Waals surface area contributed by atoms with Crippen molar-refractivity contribution in [2.24, 2.45) is 0 Å². The van der Waals surface area contributed by atoms with Crippen molar-refractivity contribution in [1.82, 2.24) is 19.6 Å². The summed E-state index contributed by atoms with van der Waals surface area (Å²) in [6.07, 6.45) is -5.59. The summed E-state index contributed by atoms with van der Waals surface area (Å²) >= 11 is 0. The minimum atomic E-state index is -1.41. The Labute approximate surface area is 338 Å². The Morgan fingerprint density at radius 2 is 0.434 bits per heavy atom. The van der Waals surface area contributed by atoms with Crippen LogP contribution >= 0.6 is 0 Å². The second-order valence-corrected chi connectivity index (χ2v) is 14.9. The van der Waals surface area contributed by atoms with Crippen molar-refractivity contribution in [2.75, 3.05) is 26.2 Å². The van der Waals surface area contributed by atoms with Gasteiger partial charge in [0.1, 0.15) is 24.4 Å². The van der Waals surface area contributed by atoms with Crippen LogP contribution in [0.1, 0.15) is 111 Å². The molecule has 0 rings (SSSR count). The van der Waals surface area contributed by atoms with E-state index in [1.165, 1.54) is 0 Å². The molecule has 0 fully saturated rings. The van der Waals surface area contributed by atoms with Crippen LogP contribution in [-0.2, 0) is 45.4 Å². The normalized spacial score (nSPS) is 13.9. The standard InChI is InChI=1S/4C9H19NO3.Zr/c4*1-6(2)10(7(3)4)5-8(11)9(12)13;/h4*6-8,11H,5H2,1-4H3,(H,12,13);/q;;;;+4/p-4. The molecule has 4 atom stereocenters. The van der Waals surface area contributed by atoms with Crippen molar-refractivity contribution >= 4 is 23.9 Å². The second-order valence-electron chi connectivity index (χ2n) is 14.9. The smallest absolute Gasteiger partial charge is 0.547 e. The van der Waals surface area contributed by atoms with Crippen molar-refractivity contribution in [1.29, 1.82) is 0 Å². The average molecular weight is 844 g/mol. The van der Waals surface area contributed by atoms with Gasteiger partial charge in [-0.1, -0.05) is 0 Å². The molecule has 0 saturated carbocycles. The van der Waals surface area contributed by atoms with E-state index in [4.69, 9.17) is 20.4 Å². The molecule has 4 unspecified atom stereocenters. The molecule has 0 saturated heterocycles. The number of hydrogen-bond donors (Lipinski definition) is 4. The van der Waals surface area contributed by atoms with E-state index in [0.717, 1.165) is 0 Å². The Kier molecular flexibility index (Phi) is 36.2. The quantitative estimate of drug-likeness (QED) is 0.0945. The van der Waals surface area contributed by atoms with Crippen LogP contribution in [-0.4, -0.2) is 163 Å². The van der Waals surface area contributed by atoms with Crippen molar-refractivity contribution in [3.63, 3.8) is 0 Å². The number of carbonyl (C=O) groups excluding carboxylic acids is 4. The van der Waals surface area contributed by atoms with Gasteiger partial charge in [-0.25, -0.2) is 0 Å². The van der Waals surface area contributed by atoms with Crippen LogP contribution in [0.4, 0.5) is 0 Å². The molecule has 0 amide bonds. The van der Waals surface area contributed by atoms with Gasteiger partial charge in [0.05, 0.1) is 23.9 Å². The summed E-state index contributed by atoms with van der Waals surface area (Å²) in [5.74, 6) is -5.64. The van der Waals surface area contributed by atoms with E-state index in [9.17, 15) is 39.6 Å². The number of aliphatic carboxylic acids is 4. The molecular weight excluding hydrogens is 772 g/mol. The molecule has 0 aromatic carbocycles. The maximum Gasteiger partial charge on any atom is 4.00 e. The maximum absolute atomic E-state index is 10.3. The molecule has 4 N–H and O–H groups in total. The molecular formula is C36H72N4O12Zr. The van der Waals surface area contributed by atoms with E-state index < -0.39 is 48.3 Å². The Morgan fingerprint density at radius 1 is 0.340 bits per heavy atom. The van der Waals surface area contributed by atoms with Crippen LogP contribution in [0.5, 0.6) is 0 Å². The first-order chi connectivity index (χ1) is 23.4. The minimum absolute atomic E-state index is 0. The van der Waals surface area contributed by atoms with Gasteiger partial charge >= 0.3 is 26.2 Å². The zero-order valence-electron chi connectivity index (χ0n) is 35.1. The summed E-state index contributed by atoms with van der Waals surface area (Å²) in [5, 5.41) is 77.5. The Hall–Kier alpha value is -1.56. The first kappa shape index (κ1) is 60.7. The summed E-state index contributed by atoms with van der Waals surface area (Å²) in [7, 11) is 0. The maximum atomic E-state index is 10.3. The van der Waals surface area contributed by atoms with Crippen molar-refractivity contribution < 1.29 is 86.2 Å². The van der Waals surface area contributed by atoms with Crippen LogP contribution in [0.15, 0.2) is 0 Å². The van der Waals surface area contributed by atoms with E-state index in [1.54, 1.807) is 0 Å². The van der Waals surface area contributed by atoms with Gasteiger partial charge in [0.15, 0.2) is 0 Å². The van der Waals surface area contributed by atoms with Gasteiger partial charge in [0.2, 0.25) is 0 Å². The molecule has 53 heavy (non-hydrogen) atoms. The van der Waals surface area contributed by atoms with Gasteiger partial charge in [-0.2, -0.15) is 0 Å². The molecule has 0 aliphatic heterocycles. The summed E-state index contributed by atoms with van der Waals surface area (Å²) < 4.78 is 0. The molecule has 0 radical (unpaired) electrons. The summed E-state index contributed by atoms with van der Waals surface area (Å²) in [6, 6.07) is 1.73. The van der Waals surface area contributed by atoms with E-state index in [2.05, 4.69) is 0 Å². The molecule has 0 aliphatic carbocycles. The zero-order chi connectivity index (χ0) is 42.4. The number of carboxylic acids is 4. The summed E-state index contributed by atoms with van der Waals surface area (Å²) in [4.78, 5) is 48.8. The Morgan fingerprint density at radius 3 is 0.491 bits per heavy atom. The van der Waals surface area contributed by atoms with Gasteiger partial charge in [-0.3, -0.25) is 19.6 Å². The molecule has 0 bridgehead atoms. The molecule has 17 heteroatoms. The van der Waals surface area contributed by atoms with E-state index in [1.807, 2.05) is 130 Å². The minimum Gasteiger partial charge on any atom is -0.547 e. The molecule has 16 nitrogen and oxygen atoms in total. The number of carboxylic acid groups (broad SMARTS) is 4. The number of aliphatic hydroxyl groups is 4. The van der Waals surface area contributed by atoms with E-state index in [0.29, 0.717) is 0 Å². The SMILES string of the molecule is CC(C)N(CC(O)C(=O)[O-])C(C)C.CC(C)N(CC(O)C(=O)[O-])C(C)C.CC(C)N(CC(O)C(=O)[O-])C(C)C.CC(C)N(CC(O)C(=O)[O-])C(C)C.[Zr+4]. The van der Waals surface area contributed by atoms with Crippen molar-refractivity contribution in [2.45, 2.75) is 184 Å². The van der Waals surface area contributed by atoms with Crippen LogP contribution in [0.2, 0.25) is 0 Å². The Bertz CT molecular complexity index is 800. The first-order valence-corrected chi connectivity index (χ1v) is 18.0. The number of nitrogens with zero attached hydrogens (tertiary/aromatic N) is 4. The van der Waals surface area contributed by atoms with E-state index >= 15 is 0 Å².